The summed E-state index contributed by atoms with van der Waals surface area (Å²) in [7, 11) is 0. The number of carbonyl (C=O) groups excluding carboxylic acids is 1. The van der Waals surface area contributed by atoms with Crippen LogP contribution in [0.1, 0.15) is 48.3 Å². The van der Waals surface area contributed by atoms with Gasteiger partial charge in [0.1, 0.15) is 0 Å². The average Bonchev–Trinajstić information content (AvgIpc) is 3.00. The molecule has 1 aliphatic heterocycles. The summed E-state index contributed by atoms with van der Waals surface area (Å²) in [5.41, 5.74) is 1.64. The van der Waals surface area contributed by atoms with Crippen LogP contribution in [0.5, 0.6) is 0 Å². The second kappa shape index (κ2) is 8.36. The highest BCUT2D eigenvalue weighted by atomic mass is 32.1. The number of amides is 1. The van der Waals surface area contributed by atoms with Crippen molar-refractivity contribution in [2.45, 2.75) is 39.2 Å². The number of carbonyl (C=O) groups is 1. The maximum Gasteiger partial charge on any atom is 0.269 e. The number of nitrogens with zero attached hydrogens (tertiary/aromatic N) is 4. The van der Waals surface area contributed by atoms with Gasteiger partial charge in [0.05, 0.1) is 15.6 Å². The van der Waals surface area contributed by atoms with Crippen LogP contribution in [0.2, 0.25) is 0 Å². The van der Waals surface area contributed by atoms with E-state index in [4.69, 9.17) is 4.98 Å². The van der Waals surface area contributed by atoms with Crippen LogP contribution in [0.25, 0.3) is 0 Å². The van der Waals surface area contributed by atoms with Gasteiger partial charge in [0.15, 0.2) is 0 Å². The van der Waals surface area contributed by atoms with Gasteiger partial charge in [-0.2, -0.15) is 0 Å². The lowest BCUT2D eigenvalue weighted by Gasteiger charge is -2.21. The summed E-state index contributed by atoms with van der Waals surface area (Å²) >= 11 is 1.71. The minimum atomic E-state index is -0.457. The number of nitro benzene ring substituents is 1. The van der Waals surface area contributed by atoms with E-state index < -0.39 is 4.92 Å². The topological polar surface area (TPSA) is 79.6 Å². The van der Waals surface area contributed by atoms with Crippen LogP contribution in [-0.4, -0.2) is 51.8 Å². The number of non-ortho nitro benzene ring substituents is 1. The van der Waals surface area contributed by atoms with E-state index in [-0.39, 0.29) is 17.0 Å². The molecule has 0 bridgehead atoms. The van der Waals surface area contributed by atoms with E-state index in [2.05, 4.69) is 31.1 Å². The van der Waals surface area contributed by atoms with E-state index in [0.717, 1.165) is 36.8 Å². The summed E-state index contributed by atoms with van der Waals surface area (Å²) in [6.07, 6.45) is 0.898. The molecule has 0 radical (unpaired) electrons. The zero-order chi connectivity index (χ0) is 20.3. The molecule has 1 aliphatic rings. The minimum Gasteiger partial charge on any atom is -0.337 e. The highest BCUT2D eigenvalue weighted by molar-refractivity contribution is 7.09. The van der Waals surface area contributed by atoms with Crippen molar-refractivity contribution in [2.24, 2.45) is 0 Å². The fraction of sp³-hybridized carbons (Fsp3) is 0.500. The summed E-state index contributed by atoms with van der Waals surface area (Å²) in [5.74, 6) is -0.0691. The van der Waals surface area contributed by atoms with Gasteiger partial charge in [0.25, 0.3) is 11.6 Å². The first-order chi connectivity index (χ1) is 13.2. The normalized spacial score (nSPS) is 16.0. The van der Waals surface area contributed by atoms with Gasteiger partial charge in [-0.15, -0.1) is 11.3 Å². The molecular weight excluding hydrogens is 376 g/mol. The number of nitro groups is 1. The first-order valence-electron chi connectivity index (χ1n) is 9.45. The molecule has 0 spiro atoms. The third kappa shape index (κ3) is 4.94. The van der Waals surface area contributed by atoms with Crippen LogP contribution in [0.3, 0.4) is 0 Å². The summed E-state index contributed by atoms with van der Waals surface area (Å²) < 4.78 is 0. The summed E-state index contributed by atoms with van der Waals surface area (Å²) in [4.78, 5) is 32.0. The lowest BCUT2D eigenvalue weighted by atomic mass is 9.98. The van der Waals surface area contributed by atoms with Crippen molar-refractivity contribution in [1.82, 2.24) is 14.8 Å². The highest BCUT2D eigenvalue weighted by Gasteiger charge is 2.22. The molecule has 0 N–H and O–H groups in total. The van der Waals surface area contributed by atoms with Gasteiger partial charge < -0.3 is 4.90 Å². The molecule has 1 aromatic carbocycles. The fourth-order valence-electron chi connectivity index (χ4n) is 3.19. The second-order valence-corrected chi connectivity index (χ2v) is 8.98. The Morgan fingerprint density at radius 3 is 2.50 bits per heavy atom. The van der Waals surface area contributed by atoms with Gasteiger partial charge in [0.2, 0.25) is 0 Å². The summed E-state index contributed by atoms with van der Waals surface area (Å²) in [6, 6.07) is 5.83. The number of aromatic nitrogens is 1. The molecule has 1 saturated heterocycles. The monoisotopic (exact) mass is 402 g/mol. The lowest BCUT2D eigenvalue weighted by Crippen LogP contribution is -2.35. The molecular formula is C20H26N4O3S. The standard InChI is InChI=1S/C20H26N4O3S/c1-20(2,3)19-21-16(14-28-19)13-22-9-4-10-23(12-11-22)18(25)15-5-7-17(8-6-15)24(26)27/h5-8,14H,4,9-13H2,1-3H3. The molecule has 8 heteroatoms. The molecule has 2 aromatic rings. The Morgan fingerprint density at radius 2 is 1.89 bits per heavy atom. The van der Waals surface area contributed by atoms with Gasteiger partial charge in [-0.1, -0.05) is 20.8 Å². The van der Waals surface area contributed by atoms with Gasteiger partial charge in [-0.25, -0.2) is 4.98 Å². The van der Waals surface area contributed by atoms with Crippen molar-refractivity contribution in [3.05, 3.63) is 56.0 Å². The molecule has 1 fully saturated rings. The van der Waals surface area contributed by atoms with Crippen LogP contribution in [0, 0.1) is 10.1 Å². The molecule has 7 nitrogen and oxygen atoms in total. The molecule has 0 unspecified atom stereocenters. The highest BCUT2D eigenvalue weighted by Crippen LogP contribution is 2.26. The Morgan fingerprint density at radius 1 is 1.18 bits per heavy atom. The van der Waals surface area contributed by atoms with E-state index in [1.54, 1.807) is 11.3 Å². The zero-order valence-corrected chi connectivity index (χ0v) is 17.4. The Bertz CT molecular complexity index is 842. The minimum absolute atomic E-state index is 0.00326. The van der Waals surface area contributed by atoms with Crippen molar-refractivity contribution >= 4 is 22.9 Å². The smallest absolute Gasteiger partial charge is 0.269 e. The predicted octanol–water partition coefficient (Wildman–Crippen LogP) is 3.70. The van der Waals surface area contributed by atoms with E-state index in [0.29, 0.717) is 18.7 Å². The fourth-order valence-corrected chi connectivity index (χ4v) is 4.09. The average molecular weight is 403 g/mol. The van der Waals surface area contributed by atoms with Crippen molar-refractivity contribution in [3.63, 3.8) is 0 Å². The number of benzene rings is 1. The Labute approximate surface area is 169 Å². The molecule has 0 atom stereocenters. The van der Waals surface area contributed by atoms with Crippen molar-refractivity contribution in [3.8, 4) is 0 Å². The zero-order valence-electron chi connectivity index (χ0n) is 16.6. The summed E-state index contributed by atoms with van der Waals surface area (Å²) in [6.45, 7) is 10.4. The molecule has 0 aliphatic carbocycles. The Hall–Kier alpha value is -2.32. The van der Waals surface area contributed by atoms with Crippen LogP contribution >= 0.6 is 11.3 Å². The number of hydrogen-bond donors (Lipinski definition) is 0. The quantitative estimate of drug-likeness (QED) is 0.575. The molecule has 3 rings (SSSR count). The van der Waals surface area contributed by atoms with E-state index in [1.165, 1.54) is 24.3 Å². The van der Waals surface area contributed by atoms with Crippen LogP contribution < -0.4 is 0 Å². The predicted molar refractivity (Wildman–Crippen MR) is 110 cm³/mol. The third-order valence-electron chi connectivity index (χ3n) is 4.78. The Balaban J connectivity index is 1.59. The number of thiazole rings is 1. The largest absolute Gasteiger partial charge is 0.337 e. The SMILES string of the molecule is CC(C)(C)c1nc(CN2CCCN(C(=O)c3ccc([N+](=O)[O-])cc3)CC2)cs1. The maximum atomic E-state index is 12.7. The third-order valence-corrected chi connectivity index (χ3v) is 6.10. The van der Waals surface area contributed by atoms with Crippen LogP contribution in [0.4, 0.5) is 5.69 Å². The van der Waals surface area contributed by atoms with Crippen molar-refractivity contribution in [2.75, 3.05) is 26.2 Å². The first-order valence-corrected chi connectivity index (χ1v) is 10.3. The van der Waals surface area contributed by atoms with Gasteiger partial charge >= 0.3 is 0 Å². The van der Waals surface area contributed by atoms with Crippen LogP contribution in [-0.2, 0) is 12.0 Å². The van der Waals surface area contributed by atoms with Gasteiger partial charge in [-0.05, 0) is 18.6 Å². The molecule has 2 heterocycles. The van der Waals surface area contributed by atoms with Crippen LogP contribution in [0.15, 0.2) is 29.6 Å². The molecule has 1 aromatic heterocycles. The summed E-state index contributed by atoms with van der Waals surface area (Å²) in [5, 5.41) is 14.0. The first kappa shape index (κ1) is 20.4. The maximum absolute atomic E-state index is 12.7. The van der Waals surface area contributed by atoms with E-state index >= 15 is 0 Å². The number of hydrogen-bond acceptors (Lipinski definition) is 6. The molecule has 1 amide bonds. The lowest BCUT2D eigenvalue weighted by molar-refractivity contribution is -0.384. The molecule has 0 saturated carbocycles. The Kier molecular flexibility index (Phi) is 6.10. The molecule has 150 valence electrons. The van der Waals surface area contributed by atoms with Gasteiger partial charge in [-0.3, -0.25) is 19.8 Å². The van der Waals surface area contributed by atoms with E-state index in [9.17, 15) is 14.9 Å². The van der Waals surface area contributed by atoms with Crippen molar-refractivity contribution < 1.29 is 9.72 Å². The second-order valence-electron chi connectivity index (χ2n) is 8.12. The van der Waals surface area contributed by atoms with Gasteiger partial charge in [0, 0.05) is 61.2 Å². The van der Waals surface area contributed by atoms with Crippen molar-refractivity contribution in [1.29, 1.82) is 0 Å². The van der Waals surface area contributed by atoms with E-state index in [1.807, 2.05) is 4.90 Å². The number of rotatable bonds is 4. The molecule has 28 heavy (non-hydrogen) atoms.